The number of halogens is 1. The Morgan fingerprint density at radius 1 is 1.25 bits per heavy atom. The van der Waals surface area contributed by atoms with Gasteiger partial charge in [-0.25, -0.2) is 0 Å². The van der Waals surface area contributed by atoms with Crippen LogP contribution in [0.4, 0.5) is 5.69 Å². The van der Waals surface area contributed by atoms with E-state index in [1.807, 2.05) is 0 Å². The fourth-order valence-corrected chi connectivity index (χ4v) is 3.41. The van der Waals surface area contributed by atoms with Crippen LogP contribution in [0.2, 0.25) is 0 Å². The summed E-state index contributed by atoms with van der Waals surface area (Å²) in [5.41, 5.74) is 7.39. The fraction of sp³-hybridized carbons (Fsp3) is 0.522. The number of nitrogens with two attached hydrogens (primary N) is 1. The third kappa shape index (κ3) is 11.4. The van der Waals surface area contributed by atoms with Crippen LogP contribution in [-0.2, 0) is 25.5 Å². The highest BCUT2D eigenvalue weighted by atomic mass is 79.9. The van der Waals surface area contributed by atoms with Crippen LogP contribution in [0.25, 0.3) is 0 Å². The lowest BCUT2D eigenvalue weighted by Crippen LogP contribution is -2.27. The number of hydrogen-bond donors (Lipinski definition) is 4. The quantitative estimate of drug-likeness (QED) is 0.162. The molecule has 0 aliphatic rings. The van der Waals surface area contributed by atoms with E-state index in [9.17, 15) is 19.5 Å². The number of aromatic hydroxyl groups is 1. The predicted molar refractivity (Wildman–Crippen MR) is 129 cm³/mol. The minimum absolute atomic E-state index is 0.0000963. The molecule has 1 aromatic carbocycles. The van der Waals surface area contributed by atoms with Gasteiger partial charge in [-0.1, -0.05) is 19.4 Å². The van der Waals surface area contributed by atoms with Gasteiger partial charge in [0.1, 0.15) is 5.75 Å². The van der Waals surface area contributed by atoms with E-state index in [2.05, 4.69) is 33.5 Å². The highest BCUT2D eigenvalue weighted by molar-refractivity contribution is 9.12. The summed E-state index contributed by atoms with van der Waals surface area (Å²) in [7, 11) is 1.53. The maximum Gasteiger partial charge on any atom is 0.258 e. The van der Waals surface area contributed by atoms with Gasteiger partial charge in [0.25, 0.3) is 5.91 Å². The van der Waals surface area contributed by atoms with E-state index in [1.165, 1.54) is 13.2 Å². The van der Waals surface area contributed by atoms with Gasteiger partial charge in [-0.2, -0.15) is 0 Å². The van der Waals surface area contributed by atoms with Crippen molar-refractivity contribution in [1.29, 1.82) is 0 Å². The maximum absolute atomic E-state index is 12.2. The number of methoxy groups -OCH3 is 1. The van der Waals surface area contributed by atoms with Crippen LogP contribution in [0.5, 0.6) is 5.75 Å². The molecule has 178 valence electrons. The summed E-state index contributed by atoms with van der Waals surface area (Å²) in [6.07, 6.45) is 5.28. The Hall–Kier alpha value is -2.23. The van der Waals surface area contributed by atoms with Gasteiger partial charge in [0.15, 0.2) is 5.78 Å². The molecule has 2 amide bonds. The minimum atomic E-state index is -0.382. The molecule has 0 spiro atoms. The van der Waals surface area contributed by atoms with Crippen molar-refractivity contribution in [2.45, 2.75) is 57.9 Å². The fourth-order valence-electron chi connectivity index (χ4n) is 3.01. The van der Waals surface area contributed by atoms with Crippen molar-refractivity contribution in [2.75, 3.05) is 25.6 Å². The van der Waals surface area contributed by atoms with Gasteiger partial charge < -0.3 is 26.2 Å². The number of carbonyl (C=O) groups is 3. The van der Waals surface area contributed by atoms with E-state index >= 15 is 0 Å². The van der Waals surface area contributed by atoms with E-state index in [-0.39, 0.29) is 46.7 Å². The molecule has 5 N–H and O–H groups in total. The molecule has 0 radical (unpaired) electrons. The van der Waals surface area contributed by atoms with Gasteiger partial charge >= 0.3 is 0 Å². The van der Waals surface area contributed by atoms with Crippen LogP contribution >= 0.6 is 15.9 Å². The van der Waals surface area contributed by atoms with Gasteiger partial charge in [0, 0.05) is 38.6 Å². The van der Waals surface area contributed by atoms with Crippen molar-refractivity contribution in [1.82, 2.24) is 5.32 Å². The summed E-state index contributed by atoms with van der Waals surface area (Å²) in [4.78, 5) is 36.0. The zero-order chi connectivity index (χ0) is 23.9. The number of unbranched alkanes of at least 4 members (excludes halogenated alkanes) is 1. The number of ether oxygens (including phenoxy) is 1. The Balaban J connectivity index is 2.41. The van der Waals surface area contributed by atoms with E-state index in [0.717, 1.165) is 18.4 Å². The van der Waals surface area contributed by atoms with Crippen LogP contribution in [0, 0.1) is 0 Å². The molecular weight excluding hydrogens is 478 g/mol. The molecule has 8 nitrogen and oxygen atoms in total. The molecule has 0 aliphatic carbocycles. The Kier molecular flexibility index (Phi) is 13.5. The van der Waals surface area contributed by atoms with E-state index in [0.29, 0.717) is 38.1 Å². The highest BCUT2D eigenvalue weighted by Gasteiger charge is 2.11. The molecule has 9 heteroatoms. The van der Waals surface area contributed by atoms with E-state index in [4.69, 9.17) is 10.5 Å². The molecule has 1 aromatic rings. The molecule has 0 bridgehead atoms. The second-order valence-electron chi connectivity index (χ2n) is 7.57. The summed E-state index contributed by atoms with van der Waals surface area (Å²) in [6, 6.07) is 5.14. The molecule has 1 atom stereocenters. The molecule has 0 saturated heterocycles. The lowest BCUT2D eigenvalue weighted by atomic mass is 10.0. The molecule has 32 heavy (non-hydrogen) atoms. The number of hydrogen-bond acceptors (Lipinski definition) is 6. The van der Waals surface area contributed by atoms with Crippen LogP contribution in [0.15, 0.2) is 28.8 Å². The predicted octanol–water partition coefficient (Wildman–Crippen LogP) is 3.17. The summed E-state index contributed by atoms with van der Waals surface area (Å²) in [5.74, 6) is -0.822. The third-order valence-corrected chi connectivity index (χ3v) is 5.25. The average Bonchev–Trinajstić information content (AvgIpc) is 2.73. The lowest BCUT2D eigenvalue weighted by Gasteiger charge is -2.13. The largest absolute Gasteiger partial charge is 0.506 e. The number of anilines is 1. The van der Waals surface area contributed by atoms with E-state index in [1.54, 1.807) is 18.2 Å². The first-order chi connectivity index (χ1) is 15.3. The molecular formula is C23H34BrN3O5. The lowest BCUT2D eigenvalue weighted by molar-refractivity contribution is -0.118. The average molecular weight is 512 g/mol. The Labute approximate surface area is 198 Å². The number of allylic oxidation sites excluding steroid dienone is 1. The molecule has 1 rings (SSSR count). The molecule has 0 unspecified atom stereocenters. The van der Waals surface area contributed by atoms with Crippen LogP contribution in [0.3, 0.4) is 0 Å². The SMILES string of the molecule is CCC[C@H](N)Cc1ccc(O)c(NC(=O)CCCCC(=O)/C=C(/Br)C(=O)NCCOC)c1. The van der Waals surface area contributed by atoms with Crippen LogP contribution in [-0.4, -0.2) is 49.0 Å². The first-order valence-corrected chi connectivity index (χ1v) is 11.6. The molecule has 0 saturated carbocycles. The summed E-state index contributed by atoms with van der Waals surface area (Å²) in [6.45, 7) is 2.81. The first kappa shape index (κ1) is 27.8. The van der Waals surface area contributed by atoms with Crippen molar-refractivity contribution in [3.05, 3.63) is 34.3 Å². The number of nitrogens with one attached hydrogen (secondary N) is 2. The first-order valence-electron chi connectivity index (χ1n) is 10.8. The van der Waals surface area contributed by atoms with E-state index < -0.39 is 0 Å². The number of benzene rings is 1. The topological polar surface area (TPSA) is 131 Å². The Morgan fingerprint density at radius 3 is 2.66 bits per heavy atom. The second-order valence-corrected chi connectivity index (χ2v) is 8.42. The number of rotatable bonds is 15. The van der Waals surface area contributed by atoms with Crippen molar-refractivity contribution >= 4 is 39.2 Å². The summed E-state index contributed by atoms with van der Waals surface area (Å²) >= 11 is 3.09. The van der Waals surface area contributed by atoms with Crippen LogP contribution < -0.4 is 16.4 Å². The molecule has 0 fully saturated rings. The smallest absolute Gasteiger partial charge is 0.258 e. The minimum Gasteiger partial charge on any atom is -0.506 e. The van der Waals surface area contributed by atoms with Gasteiger partial charge in [-0.3, -0.25) is 14.4 Å². The monoisotopic (exact) mass is 511 g/mol. The zero-order valence-electron chi connectivity index (χ0n) is 18.8. The van der Waals surface area contributed by atoms with Crippen molar-refractivity contribution in [2.24, 2.45) is 5.73 Å². The van der Waals surface area contributed by atoms with Crippen molar-refractivity contribution in [3.8, 4) is 5.75 Å². The van der Waals surface area contributed by atoms with Gasteiger partial charge in [0.05, 0.1) is 16.8 Å². The Bertz CT molecular complexity index is 798. The van der Waals surface area contributed by atoms with Gasteiger partial charge in [-0.05, 0) is 59.3 Å². The normalized spacial score (nSPS) is 12.3. The molecule has 0 aromatic heterocycles. The second kappa shape index (κ2) is 15.6. The summed E-state index contributed by atoms with van der Waals surface area (Å²) < 4.78 is 5.00. The van der Waals surface area contributed by atoms with Crippen LogP contribution in [0.1, 0.15) is 51.0 Å². The zero-order valence-corrected chi connectivity index (χ0v) is 20.4. The third-order valence-electron chi connectivity index (χ3n) is 4.67. The van der Waals surface area contributed by atoms with Gasteiger partial charge in [0.2, 0.25) is 5.91 Å². The number of phenolic OH excluding ortho intramolecular Hbond substituents is 1. The number of carbonyl (C=O) groups excluding carboxylic acids is 3. The standard InChI is InChI=1S/C23H34BrN3O5/c1-3-6-17(25)13-16-9-10-21(29)20(14-16)27-22(30)8-5-4-7-18(28)15-19(24)23(31)26-11-12-32-2/h9-10,14-15,17,29H,3-8,11-13,25H2,1-2H3,(H,26,31)(H,27,30)/b19-15+/t17-/m0/s1. The number of amides is 2. The maximum atomic E-state index is 12.2. The Morgan fingerprint density at radius 2 is 1.97 bits per heavy atom. The molecule has 0 heterocycles. The van der Waals surface area contributed by atoms with Crippen molar-refractivity contribution < 1.29 is 24.2 Å². The molecule has 0 aliphatic heterocycles. The summed E-state index contributed by atoms with van der Waals surface area (Å²) in [5, 5.41) is 15.3. The highest BCUT2D eigenvalue weighted by Crippen LogP contribution is 2.25. The number of phenols is 1. The van der Waals surface area contributed by atoms with Gasteiger partial charge in [-0.15, -0.1) is 0 Å². The van der Waals surface area contributed by atoms with Crippen molar-refractivity contribution in [3.63, 3.8) is 0 Å². The number of ketones is 1.